The quantitative estimate of drug-likeness (QED) is 0.449. The van der Waals surface area contributed by atoms with Gasteiger partial charge in [-0.25, -0.2) is 9.79 Å². The van der Waals surface area contributed by atoms with Gasteiger partial charge in [-0.05, 0) is 36.8 Å². The lowest BCUT2D eigenvalue weighted by molar-refractivity contribution is 0.0597. The van der Waals surface area contributed by atoms with Crippen molar-refractivity contribution in [2.24, 2.45) is 4.99 Å². The molecule has 7 heteroatoms. The molecule has 2 rings (SSSR count). The van der Waals surface area contributed by atoms with Gasteiger partial charge < -0.3 is 20.1 Å². The number of hydrogen-bond donors (Lipinski definition) is 2. The van der Waals surface area contributed by atoms with Gasteiger partial charge in [-0.3, -0.25) is 4.98 Å². The average Bonchev–Trinajstić information content (AvgIpc) is 2.70. The Kier molecular flexibility index (Phi) is 7.42. The van der Waals surface area contributed by atoms with Crippen molar-refractivity contribution in [1.29, 1.82) is 0 Å². The predicted octanol–water partition coefficient (Wildman–Crippen LogP) is 2.13. The van der Waals surface area contributed by atoms with E-state index in [0.29, 0.717) is 30.4 Å². The molecule has 0 saturated carbocycles. The molecule has 0 aliphatic rings. The number of ether oxygens (including phenoxy) is 2. The van der Waals surface area contributed by atoms with Crippen LogP contribution in [0.5, 0.6) is 5.75 Å². The van der Waals surface area contributed by atoms with Crippen LogP contribution in [-0.2, 0) is 17.8 Å². The van der Waals surface area contributed by atoms with Crippen LogP contribution in [0.25, 0.3) is 0 Å². The molecule has 0 saturated heterocycles. The van der Waals surface area contributed by atoms with Crippen LogP contribution >= 0.6 is 0 Å². The van der Waals surface area contributed by atoms with E-state index in [-0.39, 0.29) is 0 Å². The Balaban J connectivity index is 2.09. The van der Waals surface area contributed by atoms with Gasteiger partial charge >= 0.3 is 5.97 Å². The zero-order valence-corrected chi connectivity index (χ0v) is 15.3. The fourth-order valence-corrected chi connectivity index (χ4v) is 2.31. The summed E-state index contributed by atoms with van der Waals surface area (Å²) in [5.41, 5.74) is 2.19. The first-order valence-corrected chi connectivity index (χ1v) is 8.35. The summed E-state index contributed by atoms with van der Waals surface area (Å²) in [4.78, 5) is 20.7. The zero-order valence-electron chi connectivity index (χ0n) is 15.3. The summed E-state index contributed by atoms with van der Waals surface area (Å²) >= 11 is 0. The van der Waals surface area contributed by atoms with Crippen LogP contribution in [0.1, 0.15) is 28.5 Å². The van der Waals surface area contributed by atoms with Crippen LogP contribution in [0.4, 0.5) is 0 Å². The normalized spacial score (nSPS) is 11.0. The molecule has 0 aliphatic carbocycles. The molecule has 1 aromatic carbocycles. The van der Waals surface area contributed by atoms with Crippen LogP contribution in [0.15, 0.2) is 47.6 Å². The van der Waals surface area contributed by atoms with Crippen LogP contribution in [0.2, 0.25) is 0 Å². The van der Waals surface area contributed by atoms with Crippen molar-refractivity contribution in [1.82, 2.24) is 15.6 Å². The number of nitrogens with zero attached hydrogens (tertiary/aromatic N) is 2. The fraction of sp³-hybridized carbons (Fsp3) is 0.316. The molecule has 138 valence electrons. The summed E-state index contributed by atoms with van der Waals surface area (Å²) in [5, 5.41) is 6.43. The number of aromatic nitrogens is 1. The maximum Gasteiger partial charge on any atom is 0.341 e. The van der Waals surface area contributed by atoms with Gasteiger partial charge in [0.25, 0.3) is 0 Å². The van der Waals surface area contributed by atoms with Gasteiger partial charge in [-0.15, -0.1) is 0 Å². The molecule has 0 aliphatic heterocycles. The van der Waals surface area contributed by atoms with Crippen molar-refractivity contribution < 1.29 is 14.3 Å². The van der Waals surface area contributed by atoms with Gasteiger partial charge in [0.05, 0.1) is 33.0 Å². The Hall–Kier alpha value is -3.09. The minimum Gasteiger partial charge on any atom is -0.496 e. The summed E-state index contributed by atoms with van der Waals surface area (Å²) in [6, 6.07) is 11.1. The number of carbonyl (C=O) groups excluding carboxylic acids is 1. The summed E-state index contributed by atoms with van der Waals surface area (Å²) in [6.07, 6.45) is 1.76. The van der Waals surface area contributed by atoms with Crippen molar-refractivity contribution in [3.05, 3.63) is 59.4 Å². The largest absolute Gasteiger partial charge is 0.496 e. The Morgan fingerprint density at radius 2 is 2.04 bits per heavy atom. The molecule has 0 amide bonds. The van der Waals surface area contributed by atoms with E-state index in [9.17, 15) is 4.79 Å². The van der Waals surface area contributed by atoms with E-state index in [1.165, 1.54) is 14.2 Å². The van der Waals surface area contributed by atoms with E-state index in [1.54, 1.807) is 18.3 Å². The molecule has 26 heavy (non-hydrogen) atoms. The summed E-state index contributed by atoms with van der Waals surface area (Å²) in [6.45, 7) is 3.72. The maximum absolute atomic E-state index is 11.9. The van der Waals surface area contributed by atoms with Crippen LogP contribution in [-0.4, -0.2) is 37.7 Å². The average molecular weight is 356 g/mol. The molecule has 0 unspecified atom stereocenters. The smallest absolute Gasteiger partial charge is 0.341 e. The first-order valence-electron chi connectivity index (χ1n) is 8.35. The second kappa shape index (κ2) is 10.0. The van der Waals surface area contributed by atoms with Crippen LogP contribution < -0.4 is 15.4 Å². The summed E-state index contributed by atoms with van der Waals surface area (Å²) in [7, 11) is 2.86. The van der Waals surface area contributed by atoms with Gasteiger partial charge in [0.2, 0.25) is 0 Å². The molecule has 1 heterocycles. The molecule has 0 radical (unpaired) electrons. The van der Waals surface area contributed by atoms with Crippen LogP contribution in [0, 0.1) is 0 Å². The lowest BCUT2D eigenvalue weighted by Gasteiger charge is -2.12. The number of benzene rings is 1. The third kappa shape index (κ3) is 5.47. The van der Waals surface area contributed by atoms with Gasteiger partial charge in [0, 0.05) is 12.7 Å². The summed E-state index contributed by atoms with van der Waals surface area (Å²) < 4.78 is 10.0. The van der Waals surface area contributed by atoms with Crippen molar-refractivity contribution >= 4 is 11.9 Å². The third-order valence-electron chi connectivity index (χ3n) is 3.60. The molecular formula is C19H24N4O3. The molecule has 0 fully saturated rings. The SMILES string of the molecule is CCNC(=NCc1ccc(OC)c(C(=O)OC)c1)NCc1ccccn1. The molecule has 7 nitrogen and oxygen atoms in total. The first kappa shape index (κ1) is 19.2. The van der Waals surface area contributed by atoms with Crippen molar-refractivity contribution in [3.8, 4) is 5.75 Å². The second-order valence-electron chi connectivity index (χ2n) is 5.40. The van der Waals surface area contributed by atoms with E-state index in [0.717, 1.165) is 17.8 Å². The van der Waals surface area contributed by atoms with Crippen LogP contribution in [0.3, 0.4) is 0 Å². The van der Waals surface area contributed by atoms with Gasteiger partial charge in [0.15, 0.2) is 5.96 Å². The standard InChI is InChI=1S/C19H24N4O3/c1-4-20-19(23-13-15-7-5-6-10-21-15)22-12-14-8-9-17(25-2)16(11-14)18(24)26-3/h5-11H,4,12-13H2,1-3H3,(H2,20,22,23). The third-order valence-corrected chi connectivity index (χ3v) is 3.60. The number of rotatable bonds is 7. The number of esters is 1. The lowest BCUT2D eigenvalue weighted by Crippen LogP contribution is -2.37. The minimum atomic E-state index is -0.437. The highest BCUT2D eigenvalue weighted by Crippen LogP contribution is 2.21. The number of pyridine rings is 1. The van der Waals surface area contributed by atoms with E-state index < -0.39 is 5.97 Å². The summed E-state index contributed by atoms with van der Waals surface area (Å²) in [5.74, 6) is 0.714. The van der Waals surface area contributed by atoms with Crippen molar-refractivity contribution in [2.75, 3.05) is 20.8 Å². The van der Waals surface area contributed by atoms with E-state index in [4.69, 9.17) is 9.47 Å². The van der Waals surface area contributed by atoms with E-state index >= 15 is 0 Å². The Labute approximate surface area is 153 Å². The molecule has 0 atom stereocenters. The number of guanidine groups is 1. The molecule has 0 spiro atoms. The van der Waals surface area contributed by atoms with E-state index in [1.807, 2.05) is 31.2 Å². The molecule has 2 aromatic rings. The fourth-order valence-electron chi connectivity index (χ4n) is 2.31. The highest BCUT2D eigenvalue weighted by atomic mass is 16.5. The van der Waals surface area contributed by atoms with Gasteiger partial charge in [-0.1, -0.05) is 12.1 Å². The molecule has 0 bridgehead atoms. The van der Waals surface area contributed by atoms with Crippen molar-refractivity contribution in [3.63, 3.8) is 0 Å². The maximum atomic E-state index is 11.9. The number of aliphatic imine (C=N–C) groups is 1. The topological polar surface area (TPSA) is 84.8 Å². The van der Waals surface area contributed by atoms with E-state index in [2.05, 4.69) is 20.6 Å². The first-order chi connectivity index (χ1) is 12.7. The monoisotopic (exact) mass is 356 g/mol. The Morgan fingerprint density at radius 1 is 1.19 bits per heavy atom. The lowest BCUT2D eigenvalue weighted by atomic mass is 10.1. The zero-order chi connectivity index (χ0) is 18.8. The molecule has 1 aromatic heterocycles. The molecular weight excluding hydrogens is 332 g/mol. The number of carbonyl (C=O) groups is 1. The highest BCUT2D eigenvalue weighted by molar-refractivity contribution is 5.92. The number of hydrogen-bond acceptors (Lipinski definition) is 5. The molecule has 2 N–H and O–H groups in total. The minimum absolute atomic E-state index is 0.383. The van der Waals surface area contributed by atoms with Gasteiger partial charge in [0.1, 0.15) is 11.3 Å². The Bertz CT molecular complexity index is 748. The Morgan fingerprint density at radius 3 is 2.69 bits per heavy atom. The highest BCUT2D eigenvalue weighted by Gasteiger charge is 2.13. The predicted molar refractivity (Wildman–Crippen MR) is 100 cm³/mol. The second-order valence-corrected chi connectivity index (χ2v) is 5.40. The van der Waals surface area contributed by atoms with Gasteiger partial charge in [-0.2, -0.15) is 0 Å². The number of nitrogens with one attached hydrogen (secondary N) is 2. The number of methoxy groups -OCH3 is 2. The van der Waals surface area contributed by atoms with Crippen molar-refractivity contribution in [2.45, 2.75) is 20.0 Å².